The van der Waals surface area contributed by atoms with Crippen molar-refractivity contribution in [2.75, 3.05) is 0 Å². The number of halogens is 1. The molecule has 0 radical (unpaired) electrons. The van der Waals surface area contributed by atoms with Crippen LogP contribution in [0.2, 0.25) is 0 Å². The van der Waals surface area contributed by atoms with E-state index in [1.165, 1.54) is 24.8 Å². The van der Waals surface area contributed by atoms with Crippen molar-refractivity contribution in [3.8, 4) is 0 Å². The second-order valence-corrected chi connectivity index (χ2v) is 5.46. The number of hydrogen-bond donors (Lipinski definition) is 0. The summed E-state index contributed by atoms with van der Waals surface area (Å²) in [5.41, 5.74) is 2.03. The summed E-state index contributed by atoms with van der Waals surface area (Å²) in [7, 11) is 0. The Hall–Kier alpha value is -1.35. The fraction of sp³-hybridized carbons (Fsp3) is 0.267. The molecule has 1 aliphatic rings. The molecule has 1 heterocycles. The first kappa shape index (κ1) is 11.7. The van der Waals surface area contributed by atoms with E-state index in [-0.39, 0.29) is 5.78 Å². The second-order valence-electron chi connectivity index (χ2n) is 4.68. The molecule has 1 aliphatic carbocycles. The Labute approximate surface area is 114 Å². The Morgan fingerprint density at radius 1 is 1.11 bits per heavy atom. The number of rotatable bonds is 3. The zero-order chi connectivity index (χ0) is 12.5. The summed E-state index contributed by atoms with van der Waals surface area (Å²) in [5, 5.41) is 0. The largest absolute Gasteiger partial charge is 0.446 e. The van der Waals surface area contributed by atoms with Gasteiger partial charge in [-0.2, -0.15) is 0 Å². The molecule has 0 atom stereocenters. The van der Waals surface area contributed by atoms with Crippen LogP contribution in [0.4, 0.5) is 0 Å². The van der Waals surface area contributed by atoms with E-state index in [2.05, 4.69) is 28.1 Å². The van der Waals surface area contributed by atoms with E-state index in [1.807, 2.05) is 12.1 Å². The summed E-state index contributed by atoms with van der Waals surface area (Å²) in [6, 6.07) is 11.3. The van der Waals surface area contributed by atoms with Crippen LogP contribution in [0.5, 0.6) is 0 Å². The third kappa shape index (κ3) is 2.15. The van der Waals surface area contributed by atoms with Crippen molar-refractivity contribution < 1.29 is 9.21 Å². The lowest BCUT2D eigenvalue weighted by molar-refractivity contribution is 0.101. The molecule has 0 N–H and O–H groups in total. The van der Waals surface area contributed by atoms with Crippen LogP contribution in [0.25, 0.3) is 0 Å². The van der Waals surface area contributed by atoms with Crippen LogP contribution in [-0.4, -0.2) is 5.78 Å². The maximum atomic E-state index is 12.1. The molecule has 0 bridgehead atoms. The third-order valence-corrected chi connectivity index (χ3v) is 3.97. The summed E-state index contributed by atoms with van der Waals surface area (Å²) in [6.07, 6.45) is 3.88. The van der Waals surface area contributed by atoms with E-state index in [1.54, 1.807) is 12.1 Å². The van der Waals surface area contributed by atoms with Crippen molar-refractivity contribution in [2.45, 2.75) is 25.2 Å². The Morgan fingerprint density at radius 3 is 2.33 bits per heavy atom. The van der Waals surface area contributed by atoms with Crippen molar-refractivity contribution in [1.82, 2.24) is 0 Å². The highest BCUT2D eigenvalue weighted by molar-refractivity contribution is 9.10. The molecule has 0 amide bonds. The summed E-state index contributed by atoms with van der Waals surface area (Å²) in [5.74, 6) is 1.01. The van der Waals surface area contributed by atoms with Crippen molar-refractivity contribution >= 4 is 21.7 Å². The number of furan rings is 1. The third-order valence-electron chi connectivity index (χ3n) is 3.55. The van der Waals surface area contributed by atoms with Gasteiger partial charge in [0.15, 0.2) is 10.4 Å². The highest BCUT2D eigenvalue weighted by Gasteiger charge is 2.20. The molecule has 1 fully saturated rings. The lowest BCUT2D eigenvalue weighted by atomic mass is 9.80. The Morgan fingerprint density at radius 2 is 1.83 bits per heavy atom. The van der Waals surface area contributed by atoms with E-state index in [4.69, 9.17) is 4.42 Å². The lowest BCUT2D eigenvalue weighted by Crippen LogP contribution is -2.09. The predicted molar refractivity (Wildman–Crippen MR) is 72.9 cm³/mol. The molecule has 3 rings (SSSR count). The molecule has 0 aliphatic heterocycles. The molecule has 2 aromatic rings. The van der Waals surface area contributed by atoms with Gasteiger partial charge in [0.25, 0.3) is 0 Å². The Bertz CT molecular complexity index is 564. The predicted octanol–water partition coefficient (Wildman–Crippen LogP) is 4.54. The molecule has 18 heavy (non-hydrogen) atoms. The van der Waals surface area contributed by atoms with Gasteiger partial charge in [0.05, 0.1) is 0 Å². The minimum Gasteiger partial charge on any atom is -0.446 e. The molecule has 0 spiro atoms. The lowest BCUT2D eigenvalue weighted by Gasteiger charge is -2.25. The number of benzene rings is 1. The summed E-state index contributed by atoms with van der Waals surface area (Å²) in [4.78, 5) is 12.1. The summed E-state index contributed by atoms with van der Waals surface area (Å²) in [6.45, 7) is 0. The van der Waals surface area contributed by atoms with Gasteiger partial charge in [0.2, 0.25) is 5.78 Å². The first-order valence-electron chi connectivity index (χ1n) is 6.14. The van der Waals surface area contributed by atoms with E-state index in [0.717, 1.165) is 0 Å². The van der Waals surface area contributed by atoms with Gasteiger partial charge < -0.3 is 4.42 Å². The molecule has 92 valence electrons. The fourth-order valence-electron chi connectivity index (χ4n) is 2.23. The quantitative estimate of drug-likeness (QED) is 0.779. The molecular formula is C15H13BrO2. The summed E-state index contributed by atoms with van der Waals surface area (Å²) >= 11 is 3.20. The number of ketones is 1. The Balaban J connectivity index is 1.81. The fourth-order valence-corrected chi connectivity index (χ4v) is 2.53. The standard InChI is InChI=1S/C15H13BrO2/c16-14-9-8-13(18-14)15(17)12-6-4-11(5-7-12)10-2-1-3-10/h4-10H,1-3H2. The van der Waals surface area contributed by atoms with Crippen molar-refractivity contribution in [2.24, 2.45) is 0 Å². The van der Waals surface area contributed by atoms with Crippen LogP contribution in [0.3, 0.4) is 0 Å². The minimum atomic E-state index is -0.0686. The Kier molecular flexibility index (Phi) is 3.08. The van der Waals surface area contributed by atoms with Gasteiger partial charge in [-0.15, -0.1) is 0 Å². The molecule has 1 saturated carbocycles. The van der Waals surface area contributed by atoms with Crippen LogP contribution in [0.1, 0.15) is 46.9 Å². The average Bonchev–Trinajstić information content (AvgIpc) is 2.74. The maximum absolute atomic E-state index is 12.1. The second kappa shape index (κ2) is 4.73. The monoisotopic (exact) mass is 304 g/mol. The van der Waals surface area contributed by atoms with Crippen molar-refractivity contribution in [3.63, 3.8) is 0 Å². The first-order valence-corrected chi connectivity index (χ1v) is 6.93. The normalized spacial score (nSPS) is 15.4. The van der Waals surface area contributed by atoms with Crippen LogP contribution >= 0.6 is 15.9 Å². The zero-order valence-corrected chi connectivity index (χ0v) is 11.4. The maximum Gasteiger partial charge on any atom is 0.228 e. The molecule has 2 nitrogen and oxygen atoms in total. The smallest absolute Gasteiger partial charge is 0.228 e. The molecule has 1 aromatic heterocycles. The molecule has 3 heteroatoms. The average molecular weight is 305 g/mol. The van der Waals surface area contributed by atoms with Gasteiger partial charge in [-0.1, -0.05) is 30.7 Å². The van der Waals surface area contributed by atoms with Gasteiger partial charge in [-0.3, -0.25) is 4.79 Å². The molecule has 0 unspecified atom stereocenters. The zero-order valence-electron chi connectivity index (χ0n) is 9.86. The van der Waals surface area contributed by atoms with Crippen LogP contribution in [0.15, 0.2) is 45.5 Å². The van der Waals surface area contributed by atoms with E-state index >= 15 is 0 Å². The highest BCUT2D eigenvalue weighted by Crippen LogP contribution is 2.36. The summed E-state index contributed by atoms with van der Waals surface area (Å²) < 4.78 is 5.86. The van der Waals surface area contributed by atoms with Crippen LogP contribution < -0.4 is 0 Å². The highest BCUT2D eigenvalue weighted by atomic mass is 79.9. The van der Waals surface area contributed by atoms with Gasteiger partial charge in [-0.05, 0) is 52.4 Å². The van der Waals surface area contributed by atoms with Gasteiger partial charge in [0.1, 0.15) is 0 Å². The van der Waals surface area contributed by atoms with Crippen molar-refractivity contribution in [3.05, 3.63) is 58.0 Å². The van der Waals surface area contributed by atoms with E-state index < -0.39 is 0 Å². The molecule has 0 saturated heterocycles. The van der Waals surface area contributed by atoms with Gasteiger partial charge in [-0.25, -0.2) is 0 Å². The number of hydrogen-bond acceptors (Lipinski definition) is 2. The molecular weight excluding hydrogens is 292 g/mol. The van der Waals surface area contributed by atoms with Crippen LogP contribution in [0, 0.1) is 0 Å². The van der Waals surface area contributed by atoms with E-state index in [9.17, 15) is 4.79 Å². The van der Waals surface area contributed by atoms with Crippen molar-refractivity contribution in [1.29, 1.82) is 0 Å². The van der Waals surface area contributed by atoms with Gasteiger partial charge in [0, 0.05) is 5.56 Å². The minimum absolute atomic E-state index is 0.0686. The number of carbonyl (C=O) groups excluding carboxylic acids is 1. The first-order chi connectivity index (χ1) is 8.74. The van der Waals surface area contributed by atoms with Crippen LogP contribution in [-0.2, 0) is 0 Å². The topological polar surface area (TPSA) is 30.2 Å². The SMILES string of the molecule is O=C(c1ccc(C2CCC2)cc1)c1ccc(Br)o1. The number of carbonyl (C=O) groups is 1. The van der Waals surface area contributed by atoms with Gasteiger partial charge >= 0.3 is 0 Å². The molecule has 1 aromatic carbocycles. The van der Waals surface area contributed by atoms with E-state index in [0.29, 0.717) is 21.9 Å².